The highest BCUT2D eigenvalue weighted by atomic mass is 32.2. The number of fused-ring (bicyclic) bond motifs is 1. The Morgan fingerprint density at radius 2 is 1.97 bits per heavy atom. The largest absolute Gasteiger partial charge is 0.496 e. The predicted molar refractivity (Wildman–Crippen MR) is 157 cm³/mol. The van der Waals surface area contributed by atoms with E-state index in [0.29, 0.717) is 39.4 Å². The topological polar surface area (TPSA) is 134 Å². The molecule has 1 fully saturated rings. The molecule has 0 atom stereocenters. The normalized spacial score (nSPS) is 14.5. The van der Waals surface area contributed by atoms with Crippen LogP contribution in [0.2, 0.25) is 0 Å². The van der Waals surface area contributed by atoms with Crippen LogP contribution in [0.4, 0.5) is 5.82 Å². The number of ether oxygens (including phenoxy) is 1. The molecule has 0 bridgehead atoms. The molecule has 9 nitrogen and oxygen atoms in total. The van der Waals surface area contributed by atoms with Gasteiger partial charge in [-0.25, -0.2) is 9.78 Å². The zero-order valence-electron chi connectivity index (χ0n) is 21.4. The van der Waals surface area contributed by atoms with E-state index in [1.54, 1.807) is 36.3 Å². The van der Waals surface area contributed by atoms with E-state index in [1.165, 1.54) is 11.8 Å². The highest BCUT2D eigenvalue weighted by Gasteiger charge is 2.31. The van der Waals surface area contributed by atoms with Crippen LogP contribution in [0, 0.1) is 13.8 Å². The minimum atomic E-state index is -0.974. The molecule has 3 heterocycles. The minimum Gasteiger partial charge on any atom is -0.496 e. The van der Waals surface area contributed by atoms with Crippen molar-refractivity contribution in [1.82, 2.24) is 20.1 Å². The van der Waals surface area contributed by atoms with E-state index in [0.717, 1.165) is 38.9 Å². The van der Waals surface area contributed by atoms with Crippen LogP contribution in [0.3, 0.4) is 0 Å². The summed E-state index contributed by atoms with van der Waals surface area (Å²) in [5.74, 6) is -0.0138. The van der Waals surface area contributed by atoms with Crippen molar-refractivity contribution in [3.63, 3.8) is 0 Å². The fourth-order valence-corrected chi connectivity index (χ4v) is 6.02. The Hall–Kier alpha value is -4.22. The molecule has 1 amide bonds. The van der Waals surface area contributed by atoms with Crippen molar-refractivity contribution < 1.29 is 19.4 Å². The van der Waals surface area contributed by atoms with E-state index in [1.807, 2.05) is 38.1 Å². The molecular formula is C28H25N5O4S2. The number of carboxylic acid groups (broad SMARTS) is 1. The number of anilines is 1. The lowest BCUT2D eigenvalue weighted by molar-refractivity contribution is -0.122. The third-order valence-corrected chi connectivity index (χ3v) is 8.03. The Bertz CT molecular complexity index is 1680. The lowest BCUT2D eigenvalue weighted by Gasteiger charge is -2.15. The van der Waals surface area contributed by atoms with Gasteiger partial charge in [0.2, 0.25) is 0 Å². The molecule has 5 rings (SSSR count). The molecule has 0 spiro atoms. The number of thioether (sulfide) groups is 1. The molecule has 11 heteroatoms. The van der Waals surface area contributed by atoms with Gasteiger partial charge in [0.25, 0.3) is 5.91 Å². The van der Waals surface area contributed by atoms with Gasteiger partial charge in [0, 0.05) is 23.4 Å². The van der Waals surface area contributed by atoms with Crippen molar-refractivity contribution in [2.24, 2.45) is 0 Å². The summed E-state index contributed by atoms with van der Waals surface area (Å²) >= 11 is 6.77. The maximum Gasteiger partial charge on any atom is 0.335 e. The number of hydrogen-bond acceptors (Lipinski definition) is 8. The highest BCUT2D eigenvalue weighted by Crippen LogP contribution is 2.39. The van der Waals surface area contributed by atoms with Crippen LogP contribution in [-0.2, 0) is 11.2 Å². The summed E-state index contributed by atoms with van der Waals surface area (Å²) in [6, 6.07) is 12.3. The van der Waals surface area contributed by atoms with Crippen LogP contribution in [0.25, 0.3) is 28.2 Å². The summed E-state index contributed by atoms with van der Waals surface area (Å²) in [7, 11) is 1.61. The van der Waals surface area contributed by atoms with Crippen LogP contribution in [-0.4, -0.2) is 55.0 Å². The smallest absolute Gasteiger partial charge is 0.335 e. The van der Waals surface area contributed by atoms with Crippen LogP contribution >= 0.6 is 24.0 Å². The van der Waals surface area contributed by atoms with Gasteiger partial charge in [0.05, 0.1) is 23.0 Å². The Morgan fingerprint density at radius 3 is 2.67 bits per heavy atom. The fraction of sp³-hybridized carbons (Fsp3) is 0.179. The van der Waals surface area contributed by atoms with Crippen molar-refractivity contribution in [2.75, 3.05) is 19.4 Å². The molecule has 2 aromatic heterocycles. The SMILES string of the molecule is COc1ccc(/C=C2\SC(=S)N(CCc3ccc(C(=O)O)cc3)C2=O)cc1-c1c(C)nc2n[nH]c(N)c2c1C. The maximum atomic E-state index is 13.2. The van der Waals surface area contributed by atoms with E-state index in [4.69, 9.17) is 27.8 Å². The number of nitrogens with zero attached hydrogens (tertiary/aromatic N) is 3. The van der Waals surface area contributed by atoms with Crippen LogP contribution in [0.1, 0.15) is 32.7 Å². The number of H-pyrrole nitrogens is 1. The molecule has 4 aromatic rings. The molecule has 1 saturated heterocycles. The average molecular weight is 560 g/mol. The molecule has 198 valence electrons. The molecule has 1 aliphatic rings. The number of pyridine rings is 1. The number of methoxy groups -OCH3 is 1. The Morgan fingerprint density at radius 1 is 1.23 bits per heavy atom. The first kappa shape index (κ1) is 26.4. The number of nitrogen functional groups attached to an aromatic ring is 1. The molecule has 0 radical (unpaired) electrons. The number of aromatic carboxylic acids is 1. The first-order chi connectivity index (χ1) is 18.7. The molecule has 0 aliphatic carbocycles. The van der Waals surface area contributed by atoms with Crippen LogP contribution in [0.15, 0.2) is 47.4 Å². The van der Waals surface area contributed by atoms with E-state index in [2.05, 4.69) is 15.2 Å². The number of aromatic amines is 1. The van der Waals surface area contributed by atoms with Crippen LogP contribution < -0.4 is 10.5 Å². The summed E-state index contributed by atoms with van der Waals surface area (Å²) in [5, 5.41) is 16.8. The molecule has 0 unspecified atom stereocenters. The van der Waals surface area contributed by atoms with Crippen molar-refractivity contribution >= 4 is 63.1 Å². The summed E-state index contributed by atoms with van der Waals surface area (Å²) in [6.07, 6.45) is 2.38. The second kappa shape index (κ2) is 10.5. The monoisotopic (exact) mass is 559 g/mol. The third kappa shape index (κ3) is 4.98. The van der Waals surface area contributed by atoms with Gasteiger partial charge in [-0.05, 0) is 67.3 Å². The molecular weight excluding hydrogens is 534 g/mol. The Balaban J connectivity index is 1.42. The standard InChI is InChI=1S/C28H25N5O4S2/c1-14-22(15(2)30-25-23(14)24(29)31-32-25)19-12-17(6-9-20(19)37-3)13-21-26(34)33(28(38)39-21)11-10-16-4-7-18(8-5-16)27(35)36/h4-9,12-13H,10-11H2,1-3H3,(H,35,36)(H3,29,30,31,32)/b21-13-. The van der Waals surface area contributed by atoms with Gasteiger partial charge in [-0.2, -0.15) is 5.10 Å². The van der Waals surface area contributed by atoms with Gasteiger partial charge in [-0.1, -0.05) is 42.2 Å². The van der Waals surface area contributed by atoms with Gasteiger partial charge in [0.1, 0.15) is 15.9 Å². The number of thiocarbonyl (C=S) groups is 1. The van der Waals surface area contributed by atoms with Gasteiger partial charge in [0.15, 0.2) is 5.65 Å². The number of amides is 1. The number of nitrogens with one attached hydrogen (secondary N) is 1. The summed E-state index contributed by atoms with van der Waals surface area (Å²) in [6.45, 7) is 4.29. The lowest BCUT2D eigenvalue weighted by atomic mass is 9.95. The van der Waals surface area contributed by atoms with Gasteiger partial charge in [-0.3, -0.25) is 14.8 Å². The molecule has 0 saturated carbocycles. The number of rotatable bonds is 7. The second-order valence-electron chi connectivity index (χ2n) is 9.08. The van der Waals surface area contributed by atoms with Crippen molar-refractivity contribution in [2.45, 2.75) is 20.3 Å². The number of aromatic nitrogens is 3. The van der Waals surface area contributed by atoms with Gasteiger partial charge < -0.3 is 15.6 Å². The zero-order chi connectivity index (χ0) is 27.8. The highest BCUT2D eigenvalue weighted by molar-refractivity contribution is 8.26. The summed E-state index contributed by atoms with van der Waals surface area (Å²) in [4.78, 5) is 31.0. The third-order valence-electron chi connectivity index (χ3n) is 6.65. The number of benzene rings is 2. The first-order valence-corrected chi connectivity index (χ1v) is 13.3. The predicted octanol–water partition coefficient (Wildman–Crippen LogP) is 4.97. The van der Waals surface area contributed by atoms with E-state index in [9.17, 15) is 9.59 Å². The van der Waals surface area contributed by atoms with Gasteiger partial charge in [-0.15, -0.1) is 0 Å². The summed E-state index contributed by atoms with van der Waals surface area (Å²) < 4.78 is 6.16. The first-order valence-electron chi connectivity index (χ1n) is 12.0. The minimum absolute atomic E-state index is 0.161. The van der Waals surface area contributed by atoms with E-state index in [-0.39, 0.29) is 11.5 Å². The number of nitrogens with two attached hydrogens (primary N) is 1. The van der Waals surface area contributed by atoms with Crippen molar-refractivity contribution in [3.8, 4) is 16.9 Å². The average Bonchev–Trinajstić information content (AvgIpc) is 3.41. The number of carbonyl (C=O) groups excluding carboxylic acids is 1. The Labute approximate surface area is 234 Å². The molecule has 1 aliphatic heterocycles. The van der Waals surface area contributed by atoms with E-state index >= 15 is 0 Å². The number of carboxylic acids is 1. The van der Waals surface area contributed by atoms with Crippen LogP contribution in [0.5, 0.6) is 5.75 Å². The summed E-state index contributed by atoms with van der Waals surface area (Å²) in [5.41, 5.74) is 12.1. The van der Waals surface area contributed by atoms with Crippen molar-refractivity contribution in [3.05, 3.63) is 75.3 Å². The lowest BCUT2D eigenvalue weighted by Crippen LogP contribution is -2.30. The zero-order valence-corrected chi connectivity index (χ0v) is 23.1. The fourth-order valence-electron chi connectivity index (χ4n) is 4.71. The second-order valence-corrected chi connectivity index (χ2v) is 10.8. The number of carbonyl (C=O) groups is 2. The van der Waals surface area contributed by atoms with Gasteiger partial charge >= 0.3 is 5.97 Å². The number of hydrogen-bond donors (Lipinski definition) is 3. The molecule has 39 heavy (non-hydrogen) atoms. The Kier molecular flexibility index (Phi) is 7.11. The van der Waals surface area contributed by atoms with E-state index < -0.39 is 5.97 Å². The molecule has 2 aromatic carbocycles. The van der Waals surface area contributed by atoms with Crippen molar-refractivity contribution in [1.29, 1.82) is 0 Å². The quantitative estimate of drug-likeness (QED) is 0.212. The molecule has 4 N–H and O–H groups in total. The number of aryl methyl sites for hydroxylation is 2. The maximum absolute atomic E-state index is 13.2.